The summed E-state index contributed by atoms with van der Waals surface area (Å²) in [4.78, 5) is 8.05. The zero-order valence-electron chi connectivity index (χ0n) is 9.81. The molecule has 0 amide bonds. The Hall–Kier alpha value is -0.600. The largest absolute Gasteiger partial charge is 0.396 e. The molecule has 0 bridgehead atoms. The molecular formula is C11H13F3IN3. The molecule has 1 aromatic rings. The highest BCUT2D eigenvalue weighted by Gasteiger charge is 2.33. The summed E-state index contributed by atoms with van der Waals surface area (Å²) in [5.41, 5.74) is 0.765. The lowest BCUT2D eigenvalue weighted by Crippen LogP contribution is -2.17. The molecule has 1 fully saturated rings. The van der Waals surface area contributed by atoms with Gasteiger partial charge < -0.3 is 5.32 Å². The normalized spacial score (nSPS) is 15.8. The monoisotopic (exact) mass is 371 g/mol. The van der Waals surface area contributed by atoms with E-state index >= 15 is 0 Å². The number of hydrogen-bond acceptors (Lipinski definition) is 3. The molecule has 1 saturated carbocycles. The minimum absolute atomic E-state index is 0.138. The van der Waals surface area contributed by atoms with Crippen LogP contribution in [0.25, 0.3) is 0 Å². The number of nitrogens with one attached hydrogen (secondary N) is 1. The van der Waals surface area contributed by atoms with E-state index in [9.17, 15) is 13.2 Å². The zero-order valence-corrected chi connectivity index (χ0v) is 12.0. The maximum atomic E-state index is 12.4. The van der Waals surface area contributed by atoms with Crippen LogP contribution in [-0.2, 0) is 6.42 Å². The number of halogens is 4. The Morgan fingerprint density at radius 3 is 2.50 bits per heavy atom. The van der Waals surface area contributed by atoms with E-state index in [0.717, 1.165) is 22.1 Å². The summed E-state index contributed by atoms with van der Waals surface area (Å²) in [6.45, 7) is 2.51. The number of aromatic nitrogens is 2. The summed E-state index contributed by atoms with van der Waals surface area (Å²) < 4.78 is 38.1. The van der Waals surface area contributed by atoms with Crippen molar-refractivity contribution in [2.24, 2.45) is 0 Å². The summed E-state index contributed by atoms with van der Waals surface area (Å²) in [6.07, 6.45) is -3.33. The molecule has 1 aliphatic rings. The summed E-state index contributed by atoms with van der Waals surface area (Å²) >= 11 is 2.10. The van der Waals surface area contributed by atoms with E-state index in [1.165, 1.54) is 0 Å². The van der Waals surface area contributed by atoms with E-state index in [1.54, 1.807) is 0 Å². The summed E-state index contributed by atoms with van der Waals surface area (Å²) in [7, 11) is 0. The molecule has 1 aromatic heterocycles. The van der Waals surface area contributed by atoms with Gasteiger partial charge in [0.25, 0.3) is 0 Å². The molecule has 0 saturated heterocycles. The van der Waals surface area contributed by atoms with Crippen LogP contribution in [0.4, 0.5) is 19.0 Å². The van der Waals surface area contributed by atoms with Gasteiger partial charge in [0, 0.05) is 12.5 Å². The average Bonchev–Trinajstić information content (AvgIpc) is 3.04. The molecule has 0 unspecified atom stereocenters. The summed E-state index contributed by atoms with van der Waals surface area (Å²) in [5.74, 6) is 0.694. The second-order valence-electron chi connectivity index (χ2n) is 4.28. The Balaban J connectivity index is 2.35. The van der Waals surface area contributed by atoms with Crippen molar-refractivity contribution in [3.8, 4) is 0 Å². The minimum Gasteiger partial charge on any atom is -0.369 e. The lowest BCUT2D eigenvalue weighted by molar-refractivity contribution is -0.128. The van der Waals surface area contributed by atoms with Crippen LogP contribution in [0.3, 0.4) is 0 Å². The summed E-state index contributed by atoms with van der Waals surface area (Å²) in [5, 5.41) is 3.00. The molecule has 1 heterocycles. The topological polar surface area (TPSA) is 37.8 Å². The predicted octanol–water partition coefficient (Wildman–Crippen LogP) is 3.50. The molecular weight excluding hydrogens is 358 g/mol. The van der Waals surface area contributed by atoms with E-state index in [2.05, 4.69) is 37.9 Å². The van der Waals surface area contributed by atoms with Gasteiger partial charge in [-0.3, -0.25) is 0 Å². The standard InChI is InChI=1S/C11H13F3IN3/c1-2-16-10-8(15)9(6-3-4-6)17-7(18-10)5-11(12,13)14/h6H,2-5H2,1H3,(H,16,17,18). The van der Waals surface area contributed by atoms with Gasteiger partial charge in [0.2, 0.25) is 0 Å². The Bertz CT molecular complexity index is 444. The molecule has 2 rings (SSSR count). The fourth-order valence-corrected chi connectivity index (χ4v) is 2.56. The Morgan fingerprint density at radius 1 is 1.33 bits per heavy atom. The molecule has 0 radical (unpaired) electrons. The first kappa shape index (κ1) is 13.8. The molecule has 0 aliphatic heterocycles. The summed E-state index contributed by atoms with van der Waals surface area (Å²) in [6, 6.07) is 0. The number of anilines is 1. The molecule has 100 valence electrons. The van der Waals surface area contributed by atoms with Crippen molar-refractivity contribution in [3.63, 3.8) is 0 Å². The number of rotatable bonds is 4. The van der Waals surface area contributed by atoms with E-state index in [1.807, 2.05) is 6.92 Å². The second-order valence-corrected chi connectivity index (χ2v) is 5.36. The van der Waals surface area contributed by atoms with Crippen LogP contribution in [0, 0.1) is 3.57 Å². The second kappa shape index (κ2) is 5.18. The van der Waals surface area contributed by atoms with Crippen LogP contribution >= 0.6 is 22.6 Å². The maximum absolute atomic E-state index is 12.4. The highest BCUT2D eigenvalue weighted by atomic mass is 127. The van der Waals surface area contributed by atoms with Crippen molar-refractivity contribution in [2.45, 2.75) is 38.3 Å². The van der Waals surface area contributed by atoms with E-state index < -0.39 is 12.6 Å². The molecule has 0 atom stereocenters. The zero-order chi connectivity index (χ0) is 13.3. The van der Waals surface area contributed by atoms with Crippen LogP contribution in [0.2, 0.25) is 0 Å². The first-order valence-corrected chi connectivity index (χ1v) is 6.85. The van der Waals surface area contributed by atoms with Gasteiger partial charge in [-0.05, 0) is 42.4 Å². The van der Waals surface area contributed by atoms with E-state index in [-0.39, 0.29) is 5.82 Å². The predicted molar refractivity (Wildman–Crippen MR) is 70.6 cm³/mol. The first-order valence-electron chi connectivity index (χ1n) is 5.77. The molecule has 3 nitrogen and oxygen atoms in total. The third kappa shape index (κ3) is 3.46. The van der Waals surface area contributed by atoms with Gasteiger partial charge >= 0.3 is 6.18 Å². The molecule has 0 spiro atoms. The Morgan fingerprint density at radius 2 is 2.00 bits per heavy atom. The van der Waals surface area contributed by atoms with Gasteiger partial charge in [-0.1, -0.05) is 0 Å². The van der Waals surface area contributed by atoms with Crippen LogP contribution in [-0.4, -0.2) is 22.7 Å². The Labute approximate surface area is 117 Å². The highest BCUT2D eigenvalue weighted by Crippen LogP contribution is 2.42. The SMILES string of the molecule is CCNc1nc(CC(F)(F)F)nc(C2CC2)c1I. The van der Waals surface area contributed by atoms with Crippen molar-refractivity contribution in [3.05, 3.63) is 15.1 Å². The van der Waals surface area contributed by atoms with Gasteiger partial charge in [-0.25, -0.2) is 9.97 Å². The van der Waals surface area contributed by atoms with Crippen molar-refractivity contribution in [1.29, 1.82) is 0 Å². The third-order valence-corrected chi connectivity index (χ3v) is 3.65. The van der Waals surface area contributed by atoms with Crippen molar-refractivity contribution >= 4 is 28.4 Å². The van der Waals surface area contributed by atoms with Crippen molar-refractivity contribution in [2.75, 3.05) is 11.9 Å². The average molecular weight is 371 g/mol. The Kier molecular flexibility index (Phi) is 3.98. The molecule has 1 aliphatic carbocycles. The molecule has 18 heavy (non-hydrogen) atoms. The van der Waals surface area contributed by atoms with Crippen LogP contribution in [0.1, 0.15) is 37.2 Å². The van der Waals surface area contributed by atoms with Gasteiger partial charge in [0.05, 0.1) is 9.26 Å². The van der Waals surface area contributed by atoms with Gasteiger partial charge in [-0.2, -0.15) is 13.2 Å². The molecule has 1 N–H and O–H groups in total. The van der Waals surface area contributed by atoms with E-state index in [4.69, 9.17) is 0 Å². The minimum atomic E-state index is -4.27. The lowest BCUT2D eigenvalue weighted by Gasteiger charge is -2.12. The quantitative estimate of drug-likeness (QED) is 0.824. The van der Waals surface area contributed by atoms with E-state index in [0.29, 0.717) is 18.3 Å². The van der Waals surface area contributed by atoms with Gasteiger partial charge in [0.1, 0.15) is 18.1 Å². The van der Waals surface area contributed by atoms with Gasteiger partial charge in [-0.15, -0.1) is 0 Å². The number of alkyl halides is 3. The third-order valence-electron chi connectivity index (χ3n) is 2.59. The van der Waals surface area contributed by atoms with Crippen LogP contribution in [0.5, 0.6) is 0 Å². The molecule has 7 heteroatoms. The number of nitrogens with zero attached hydrogens (tertiary/aromatic N) is 2. The highest BCUT2D eigenvalue weighted by molar-refractivity contribution is 14.1. The lowest BCUT2D eigenvalue weighted by atomic mass is 10.2. The van der Waals surface area contributed by atoms with Crippen molar-refractivity contribution in [1.82, 2.24) is 9.97 Å². The maximum Gasteiger partial charge on any atom is 0.396 e. The van der Waals surface area contributed by atoms with Gasteiger partial charge in [0.15, 0.2) is 0 Å². The fourth-order valence-electron chi connectivity index (χ4n) is 1.68. The number of hydrogen-bond donors (Lipinski definition) is 1. The smallest absolute Gasteiger partial charge is 0.369 e. The van der Waals surface area contributed by atoms with Crippen LogP contribution < -0.4 is 5.32 Å². The molecule has 0 aromatic carbocycles. The fraction of sp³-hybridized carbons (Fsp3) is 0.636. The first-order chi connectivity index (χ1) is 8.40. The van der Waals surface area contributed by atoms with Crippen molar-refractivity contribution < 1.29 is 13.2 Å². The van der Waals surface area contributed by atoms with Crippen LogP contribution in [0.15, 0.2) is 0 Å².